The summed E-state index contributed by atoms with van der Waals surface area (Å²) < 4.78 is 23.6. The van der Waals surface area contributed by atoms with E-state index in [1.54, 1.807) is 6.07 Å². The van der Waals surface area contributed by atoms with Crippen LogP contribution in [0.3, 0.4) is 0 Å². The van der Waals surface area contributed by atoms with Crippen LogP contribution in [-0.2, 0) is 27.6 Å². The van der Waals surface area contributed by atoms with Crippen LogP contribution in [0.1, 0.15) is 46.1 Å². The Labute approximate surface area is 200 Å². The van der Waals surface area contributed by atoms with E-state index in [1.807, 2.05) is 38.1 Å². The molecule has 1 heterocycles. The fraction of sp³-hybridized carbons (Fsp3) is 0.400. The number of sulfone groups is 1. The standard InChI is InChI=1S/C23H27N3O5S.C2H6/c1-4-5-16-6-8-17(9-7-16)18-10-11-19-20(14-18)24-15-26(21(19)27)13-12-23(2,22(28)25-29)32(3,30)31;1-2/h6-11,14-15,29H,4-5,12-13H2,1-3H3,(H,25,28);1-2H3/t23-;/m1./s1. The van der Waals surface area contributed by atoms with Crippen LogP contribution < -0.4 is 11.0 Å². The largest absolute Gasteiger partial charge is 0.299 e. The number of hydrogen-bond acceptors (Lipinski definition) is 6. The maximum Gasteiger partial charge on any atom is 0.264 e. The van der Waals surface area contributed by atoms with Crippen molar-refractivity contribution in [2.75, 3.05) is 6.26 Å². The van der Waals surface area contributed by atoms with Crippen LogP contribution in [0, 0.1) is 0 Å². The zero-order chi connectivity index (χ0) is 25.5. The number of carbonyl (C=O) groups is 1. The van der Waals surface area contributed by atoms with Crippen LogP contribution in [0.25, 0.3) is 22.0 Å². The molecule has 2 aromatic carbocycles. The molecule has 2 N–H and O–H groups in total. The average molecular weight is 488 g/mol. The predicted octanol–water partition coefficient (Wildman–Crippen LogP) is 3.74. The van der Waals surface area contributed by atoms with E-state index >= 15 is 0 Å². The van der Waals surface area contributed by atoms with E-state index < -0.39 is 20.5 Å². The fourth-order valence-electron chi connectivity index (χ4n) is 3.57. The van der Waals surface area contributed by atoms with Crippen molar-refractivity contribution in [1.29, 1.82) is 0 Å². The Morgan fingerprint density at radius 2 is 1.74 bits per heavy atom. The van der Waals surface area contributed by atoms with Crippen molar-refractivity contribution in [3.63, 3.8) is 0 Å². The van der Waals surface area contributed by atoms with Crippen molar-refractivity contribution >= 4 is 26.6 Å². The lowest BCUT2D eigenvalue weighted by Gasteiger charge is -2.25. The summed E-state index contributed by atoms with van der Waals surface area (Å²) in [5.41, 5.74) is 4.83. The Bertz CT molecular complexity index is 1300. The highest BCUT2D eigenvalue weighted by atomic mass is 32.2. The van der Waals surface area contributed by atoms with E-state index in [0.29, 0.717) is 10.9 Å². The summed E-state index contributed by atoms with van der Waals surface area (Å²) in [5, 5.41) is 9.34. The van der Waals surface area contributed by atoms with Crippen molar-refractivity contribution < 1.29 is 18.4 Å². The Morgan fingerprint density at radius 1 is 1.12 bits per heavy atom. The quantitative estimate of drug-likeness (QED) is 0.369. The number of fused-ring (bicyclic) bond motifs is 1. The molecule has 1 atom stereocenters. The minimum absolute atomic E-state index is 0.0561. The first-order chi connectivity index (χ1) is 16.1. The summed E-state index contributed by atoms with van der Waals surface area (Å²) in [6.45, 7) is 7.30. The molecule has 0 unspecified atom stereocenters. The maximum atomic E-state index is 12.9. The summed E-state index contributed by atoms with van der Waals surface area (Å²) in [6.07, 6.45) is 4.17. The van der Waals surface area contributed by atoms with Crippen LogP contribution >= 0.6 is 0 Å². The Balaban J connectivity index is 0.00000199. The smallest absolute Gasteiger partial charge is 0.264 e. The monoisotopic (exact) mass is 487 g/mol. The molecule has 0 aliphatic carbocycles. The topological polar surface area (TPSA) is 118 Å². The maximum absolute atomic E-state index is 12.9. The minimum atomic E-state index is -3.85. The van der Waals surface area contributed by atoms with Gasteiger partial charge >= 0.3 is 0 Å². The van der Waals surface area contributed by atoms with E-state index in [0.717, 1.165) is 30.2 Å². The summed E-state index contributed by atoms with van der Waals surface area (Å²) >= 11 is 0. The lowest BCUT2D eigenvalue weighted by atomic mass is 10.0. The lowest BCUT2D eigenvalue weighted by Crippen LogP contribution is -2.50. The zero-order valence-electron chi connectivity index (χ0n) is 20.3. The predicted molar refractivity (Wildman–Crippen MR) is 135 cm³/mol. The molecule has 0 aliphatic rings. The van der Waals surface area contributed by atoms with Crippen LogP contribution in [-0.4, -0.2) is 40.1 Å². The van der Waals surface area contributed by atoms with Gasteiger partial charge in [0.1, 0.15) is 0 Å². The number of hydroxylamine groups is 1. The van der Waals surface area contributed by atoms with Gasteiger partial charge in [0, 0.05) is 12.8 Å². The fourth-order valence-corrected chi connectivity index (χ4v) is 4.41. The molecule has 1 amide bonds. The molecule has 34 heavy (non-hydrogen) atoms. The summed E-state index contributed by atoms with van der Waals surface area (Å²) in [7, 11) is -3.85. The number of benzene rings is 2. The number of nitrogens with one attached hydrogen (secondary N) is 1. The second-order valence-electron chi connectivity index (χ2n) is 8.12. The van der Waals surface area contributed by atoms with Gasteiger partial charge in [-0.2, -0.15) is 0 Å². The zero-order valence-corrected chi connectivity index (χ0v) is 21.1. The van der Waals surface area contributed by atoms with Gasteiger partial charge in [0.05, 0.1) is 17.2 Å². The number of carbonyl (C=O) groups excluding carboxylic acids is 1. The highest BCUT2D eigenvalue weighted by molar-refractivity contribution is 7.92. The molecule has 0 fully saturated rings. The molecule has 9 heteroatoms. The molecule has 3 rings (SSSR count). The van der Waals surface area contributed by atoms with Gasteiger partial charge in [-0.25, -0.2) is 18.9 Å². The Kier molecular flexibility index (Phi) is 9.12. The van der Waals surface area contributed by atoms with Crippen LogP contribution in [0.2, 0.25) is 0 Å². The third-order valence-electron chi connectivity index (χ3n) is 5.88. The molecule has 0 saturated carbocycles. The SMILES string of the molecule is CC.CCCc1ccc(-c2ccc3c(=O)n(CC[C@](C)(C(=O)NO)S(C)(=O)=O)cnc3c2)cc1. The van der Waals surface area contributed by atoms with Crippen molar-refractivity contribution in [3.8, 4) is 11.1 Å². The Hall–Kier alpha value is -3.04. The van der Waals surface area contributed by atoms with Crippen LogP contribution in [0.15, 0.2) is 53.6 Å². The van der Waals surface area contributed by atoms with Gasteiger partial charge in [-0.3, -0.25) is 19.4 Å². The summed E-state index contributed by atoms with van der Waals surface area (Å²) in [4.78, 5) is 29.3. The second-order valence-corrected chi connectivity index (χ2v) is 10.6. The number of rotatable bonds is 8. The molecule has 0 saturated heterocycles. The molecule has 0 bridgehead atoms. The number of aryl methyl sites for hydroxylation is 2. The van der Waals surface area contributed by atoms with Crippen LogP contribution in [0.5, 0.6) is 0 Å². The second kappa shape index (κ2) is 11.4. The van der Waals surface area contributed by atoms with E-state index in [-0.39, 0.29) is 18.5 Å². The van der Waals surface area contributed by atoms with Gasteiger partial charge in [-0.1, -0.05) is 57.5 Å². The molecular weight excluding hydrogens is 454 g/mol. The molecule has 1 aromatic heterocycles. The lowest BCUT2D eigenvalue weighted by molar-refractivity contribution is -0.131. The summed E-state index contributed by atoms with van der Waals surface area (Å²) in [5.74, 6) is -1.05. The number of amides is 1. The van der Waals surface area contributed by atoms with Crippen molar-refractivity contribution in [3.05, 3.63) is 64.7 Å². The Morgan fingerprint density at radius 3 is 2.29 bits per heavy atom. The number of hydrogen-bond donors (Lipinski definition) is 2. The highest BCUT2D eigenvalue weighted by Crippen LogP contribution is 2.24. The van der Waals surface area contributed by atoms with Crippen LogP contribution in [0.4, 0.5) is 0 Å². The van der Waals surface area contributed by atoms with E-state index in [2.05, 4.69) is 24.0 Å². The van der Waals surface area contributed by atoms with Crippen molar-refractivity contribution in [1.82, 2.24) is 15.0 Å². The van der Waals surface area contributed by atoms with Gasteiger partial charge in [-0.05, 0) is 48.6 Å². The van der Waals surface area contributed by atoms with Crippen molar-refractivity contribution in [2.24, 2.45) is 0 Å². The van der Waals surface area contributed by atoms with Gasteiger partial charge in [-0.15, -0.1) is 0 Å². The number of nitrogens with zero attached hydrogens (tertiary/aromatic N) is 2. The van der Waals surface area contributed by atoms with Gasteiger partial charge in [0.15, 0.2) is 14.6 Å². The first-order valence-corrected chi connectivity index (χ1v) is 13.2. The molecule has 3 aromatic rings. The van der Waals surface area contributed by atoms with Gasteiger partial charge in [0.2, 0.25) is 0 Å². The molecule has 0 spiro atoms. The van der Waals surface area contributed by atoms with Gasteiger partial charge < -0.3 is 0 Å². The normalized spacial score (nSPS) is 13.0. The van der Waals surface area contributed by atoms with E-state index in [1.165, 1.54) is 28.9 Å². The highest BCUT2D eigenvalue weighted by Gasteiger charge is 2.43. The number of aromatic nitrogens is 2. The van der Waals surface area contributed by atoms with Gasteiger partial charge in [0.25, 0.3) is 11.5 Å². The molecule has 0 aliphatic heterocycles. The first kappa shape index (κ1) is 27.2. The molecule has 184 valence electrons. The van der Waals surface area contributed by atoms with Crippen molar-refractivity contribution in [2.45, 2.75) is 58.2 Å². The van der Waals surface area contributed by atoms with E-state index in [4.69, 9.17) is 5.21 Å². The third kappa shape index (κ3) is 5.71. The first-order valence-electron chi connectivity index (χ1n) is 11.3. The molecule has 8 nitrogen and oxygen atoms in total. The average Bonchev–Trinajstić information content (AvgIpc) is 2.84. The molecule has 0 radical (unpaired) electrons. The van der Waals surface area contributed by atoms with E-state index in [9.17, 15) is 18.0 Å². The molecular formula is C25H33N3O5S. The minimum Gasteiger partial charge on any atom is -0.299 e. The summed E-state index contributed by atoms with van der Waals surface area (Å²) in [6, 6.07) is 13.7. The third-order valence-corrected chi connectivity index (χ3v) is 7.91.